The van der Waals surface area contributed by atoms with E-state index in [-0.39, 0.29) is 6.04 Å². The van der Waals surface area contributed by atoms with E-state index in [9.17, 15) is 0 Å². The standard InChI is InChI=1S/C15H18ClNO/c1-17(2)15(10-16)13-5-4-12-9-14(18-3)7-6-11(12)8-13/h4-9,15H,10H2,1-3H3. The Morgan fingerprint density at radius 3 is 2.39 bits per heavy atom. The van der Waals surface area contributed by atoms with Gasteiger partial charge in [-0.3, -0.25) is 0 Å². The molecule has 0 spiro atoms. The summed E-state index contributed by atoms with van der Waals surface area (Å²) in [5, 5.41) is 2.40. The third kappa shape index (κ3) is 2.60. The zero-order chi connectivity index (χ0) is 13.1. The monoisotopic (exact) mass is 263 g/mol. The van der Waals surface area contributed by atoms with Crippen LogP contribution in [-0.2, 0) is 0 Å². The van der Waals surface area contributed by atoms with E-state index in [1.54, 1.807) is 7.11 Å². The van der Waals surface area contributed by atoms with E-state index in [0.717, 1.165) is 5.75 Å². The van der Waals surface area contributed by atoms with Crippen LogP contribution in [0, 0.1) is 0 Å². The van der Waals surface area contributed by atoms with Crippen LogP contribution in [0.2, 0.25) is 0 Å². The Morgan fingerprint density at radius 1 is 1.11 bits per heavy atom. The van der Waals surface area contributed by atoms with E-state index in [0.29, 0.717) is 5.88 Å². The smallest absolute Gasteiger partial charge is 0.119 e. The molecular formula is C15H18ClNO. The molecule has 3 heteroatoms. The number of ether oxygens (including phenoxy) is 1. The van der Waals surface area contributed by atoms with Crippen molar-refractivity contribution in [3.8, 4) is 5.75 Å². The molecule has 18 heavy (non-hydrogen) atoms. The normalized spacial score (nSPS) is 12.9. The lowest BCUT2D eigenvalue weighted by atomic mass is 10.0. The Kier molecular flexibility index (Phi) is 4.10. The molecule has 0 radical (unpaired) electrons. The van der Waals surface area contributed by atoms with Crippen LogP contribution < -0.4 is 4.74 Å². The summed E-state index contributed by atoms with van der Waals surface area (Å²) >= 11 is 6.03. The van der Waals surface area contributed by atoms with Gasteiger partial charge in [-0.2, -0.15) is 0 Å². The molecule has 0 fully saturated rings. The van der Waals surface area contributed by atoms with Gasteiger partial charge in [-0.15, -0.1) is 11.6 Å². The number of alkyl halides is 1. The summed E-state index contributed by atoms with van der Waals surface area (Å²) in [6.45, 7) is 0. The second-order valence-electron chi connectivity index (χ2n) is 4.61. The zero-order valence-corrected chi connectivity index (χ0v) is 11.7. The summed E-state index contributed by atoms with van der Waals surface area (Å²) in [7, 11) is 5.78. The second kappa shape index (κ2) is 5.59. The van der Waals surface area contributed by atoms with Crippen molar-refractivity contribution in [2.45, 2.75) is 6.04 Å². The third-order valence-electron chi connectivity index (χ3n) is 3.23. The molecule has 0 N–H and O–H groups in total. The van der Waals surface area contributed by atoms with Crippen molar-refractivity contribution >= 4 is 22.4 Å². The fourth-order valence-corrected chi connectivity index (χ4v) is 2.56. The molecule has 2 aromatic carbocycles. The Bertz CT molecular complexity index is 539. The molecular weight excluding hydrogens is 246 g/mol. The first kappa shape index (κ1) is 13.2. The van der Waals surface area contributed by atoms with Crippen molar-refractivity contribution in [1.29, 1.82) is 0 Å². The first-order valence-electron chi connectivity index (χ1n) is 5.96. The molecule has 2 rings (SSSR count). The topological polar surface area (TPSA) is 12.5 Å². The molecule has 0 amide bonds. The molecule has 2 nitrogen and oxygen atoms in total. The number of hydrogen-bond acceptors (Lipinski definition) is 2. The van der Waals surface area contributed by atoms with Gasteiger partial charge in [0.05, 0.1) is 7.11 Å². The van der Waals surface area contributed by atoms with Gasteiger partial charge in [-0.1, -0.05) is 18.2 Å². The predicted molar refractivity (Wildman–Crippen MR) is 77.6 cm³/mol. The van der Waals surface area contributed by atoms with Crippen LogP contribution in [0.15, 0.2) is 36.4 Å². The van der Waals surface area contributed by atoms with Crippen molar-refractivity contribution in [1.82, 2.24) is 4.90 Å². The Morgan fingerprint density at radius 2 is 1.78 bits per heavy atom. The highest BCUT2D eigenvalue weighted by Crippen LogP contribution is 2.26. The Balaban J connectivity index is 2.44. The summed E-state index contributed by atoms with van der Waals surface area (Å²) in [4.78, 5) is 2.14. The minimum atomic E-state index is 0.248. The van der Waals surface area contributed by atoms with Gasteiger partial charge in [0.1, 0.15) is 5.75 Å². The van der Waals surface area contributed by atoms with Gasteiger partial charge in [0.15, 0.2) is 0 Å². The first-order chi connectivity index (χ1) is 8.65. The van der Waals surface area contributed by atoms with Gasteiger partial charge in [0.2, 0.25) is 0 Å². The molecule has 0 aliphatic carbocycles. The predicted octanol–water partition coefficient (Wildman–Crippen LogP) is 3.69. The number of nitrogens with zero attached hydrogens (tertiary/aromatic N) is 1. The van der Waals surface area contributed by atoms with Crippen LogP contribution in [-0.4, -0.2) is 32.0 Å². The highest BCUT2D eigenvalue weighted by molar-refractivity contribution is 6.18. The summed E-state index contributed by atoms with van der Waals surface area (Å²) in [5.74, 6) is 1.48. The van der Waals surface area contributed by atoms with Crippen LogP contribution >= 0.6 is 11.6 Å². The Hall–Kier alpha value is -1.25. The van der Waals surface area contributed by atoms with E-state index >= 15 is 0 Å². The number of rotatable bonds is 4. The summed E-state index contributed by atoms with van der Waals surface area (Å²) in [6, 6.07) is 12.8. The van der Waals surface area contributed by atoms with Gasteiger partial charge in [-0.25, -0.2) is 0 Å². The first-order valence-corrected chi connectivity index (χ1v) is 6.49. The van der Waals surface area contributed by atoms with E-state index in [1.807, 2.05) is 26.2 Å². The van der Waals surface area contributed by atoms with Crippen LogP contribution in [0.3, 0.4) is 0 Å². The number of hydrogen-bond donors (Lipinski definition) is 0. The highest BCUT2D eigenvalue weighted by Gasteiger charge is 2.12. The fourth-order valence-electron chi connectivity index (χ4n) is 2.10. The largest absolute Gasteiger partial charge is 0.497 e. The van der Waals surface area contributed by atoms with Gasteiger partial charge in [0, 0.05) is 11.9 Å². The van der Waals surface area contributed by atoms with Crippen LogP contribution in [0.4, 0.5) is 0 Å². The van der Waals surface area contributed by atoms with Crippen molar-refractivity contribution in [2.75, 3.05) is 27.1 Å². The molecule has 0 saturated heterocycles. The molecule has 0 heterocycles. The van der Waals surface area contributed by atoms with Gasteiger partial charge in [0.25, 0.3) is 0 Å². The van der Waals surface area contributed by atoms with Crippen molar-refractivity contribution < 1.29 is 4.74 Å². The SMILES string of the molecule is COc1ccc2cc(C(CCl)N(C)C)ccc2c1. The highest BCUT2D eigenvalue weighted by atomic mass is 35.5. The average molecular weight is 264 g/mol. The molecule has 2 aromatic rings. The van der Waals surface area contributed by atoms with Gasteiger partial charge >= 0.3 is 0 Å². The molecule has 1 atom stereocenters. The van der Waals surface area contributed by atoms with Crippen molar-refractivity contribution in [3.05, 3.63) is 42.0 Å². The number of methoxy groups -OCH3 is 1. The summed E-state index contributed by atoms with van der Waals surface area (Å²) in [5.41, 5.74) is 1.24. The maximum atomic E-state index is 6.03. The van der Waals surface area contributed by atoms with Crippen molar-refractivity contribution in [3.63, 3.8) is 0 Å². The lowest BCUT2D eigenvalue weighted by Crippen LogP contribution is -2.21. The number of halogens is 1. The molecule has 1 unspecified atom stereocenters. The van der Waals surface area contributed by atoms with Crippen LogP contribution in [0.25, 0.3) is 10.8 Å². The van der Waals surface area contributed by atoms with E-state index < -0.39 is 0 Å². The van der Waals surface area contributed by atoms with Crippen LogP contribution in [0.1, 0.15) is 11.6 Å². The van der Waals surface area contributed by atoms with Gasteiger partial charge < -0.3 is 9.64 Å². The minimum absolute atomic E-state index is 0.248. The molecule has 0 saturated carbocycles. The van der Waals surface area contributed by atoms with E-state index in [2.05, 4.69) is 29.2 Å². The minimum Gasteiger partial charge on any atom is -0.497 e. The quantitative estimate of drug-likeness (QED) is 0.780. The lowest BCUT2D eigenvalue weighted by molar-refractivity contribution is 0.325. The van der Waals surface area contributed by atoms with Crippen molar-refractivity contribution in [2.24, 2.45) is 0 Å². The second-order valence-corrected chi connectivity index (χ2v) is 4.91. The summed E-state index contributed by atoms with van der Waals surface area (Å²) < 4.78 is 5.23. The molecule has 96 valence electrons. The molecule has 0 aromatic heterocycles. The maximum absolute atomic E-state index is 6.03. The van der Waals surface area contributed by atoms with Crippen LogP contribution in [0.5, 0.6) is 5.75 Å². The number of fused-ring (bicyclic) bond motifs is 1. The lowest BCUT2D eigenvalue weighted by Gasteiger charge is -2.22. The van der Waals surface area contributed by atoms with E-state index in [4.69, 9.17) is 16.3 Å². The number of benzene rings is 2. The summed E-state index contributed by atoms with van der Waals surface area (Å²) in [6.07, 6.45) is 0. The average Bonchev–Trinajstić information content (AvgIpc) is 2.38. The molecule has 0 aliphatic heterocycles. The van der Waals surface area contributed by atoms with Gasteiger partial charge in [-0.05, 0) is 48.6 Å². The van der Waals surface area contributed by atoms with E-state index in [1.165, 1.54) is 16.3 Å². The molecule has 0 bridgehead atoms. The Labute approximate surface area is 113 Å². The third-order valence-corrected chi connectivity index (χ3v) is 3.52. The zero-order valence-electron chi connectivity index (χ0n) is 11.0. The molecule has 0 aliphatic rings. The maximum Gasteiger partial charge on any atom is 0.119 e. The fraction of sp³-hybridized carbons (Fsp3) is 0.333.